The third kappa shape index (κ3) is 2.67. The van der Waals surface area contributed by atoms with E-state index >= 15 is 0 Å². The molecule has 1 heteroatoms. The molecule has 1 N–H and O–H groups in total. The Hall–Kier alpha value is -1.34. The van der Waals surface area contributed by atoms with Gasteiger partial charge in [0.2, 0.25) is 0 Å². The van der Waals surface area contributed by atoms with Gasteiger partial charge in [-0.25, -0.2) is 0 Å². The van der Waals surface area contributed by atoms with E-state index in [0.29, 0.717) is 11.8 Å². The van der Waals surface area contributed by atoms with E-state index in [-0.39, 0.29) is 0 Å². The summed E-state index contributed by atoms with van der Waals surface area (Å²) in [5.74, 6) is 1.24. The molecule has 17 heavy (non-hydrogen) atoms. The van der Waals surface area contributed by atoms with E-state index in [0.717, 1.165) is 6.54 Å². The highest BCUT2D eigenvalue weighted by molar-refractivity contribution is 5.83. The summed E-state index contributed by atoms with van der Waals surface area (Å²) in [6, 6.07) is 15.4. The van der Waals surface area contributed by atoms with Crippen molar-refractivity contribution in [3.05, 3.63) is 48.0 Å². The average molecular weight is 227 g/mol. The van der Waals surface area contributed by atoms with Gasteiger partial charge in [0.05, 0.1) is 0 Å². The summed E-state index contributed by atoms with van der Waals surface area (Å²) >= 11 is 0. The van der Waals surface area contributed by atoms with Crippen molar-refractivity contribution in [2.45, 2.75) is 19.8 Å². The van der Waals surface area contributed by atoms with Crippen LogP contribution < -0.4 is 5.32 Å². The van der Waals surface area contributed by atoms with Crippen LogP contribution in [-0.4, -0.2) is 13.6 Å². The van der Waals surface area contributed by atoms with Gasteiger partial charge in [-0.05, 0) is 35.2 Å². The monoisotopic (exact) mass is 227 g/mol. The summed E-state index contributed by atoms with van der Waals surface area (Å²) in [7, 11) is 2.02. The Balaban J connectivity index is 2.40. The van der Waals surface area contributed by atoms with E-state index in [4.69, 9.17) is 0 Å². The van der Waals surface area contributed by atoms with Gasteiger partial charge in [-0.3, -0.25) is 0 Å². The lowest BCUT2D eigenvalue weighted by atomic mass is 9.87. The van der Waals surface area contributed by atoms with Gasteiger partial charge < -0.3 is 5.32 Å². The lowest BCUT2D eigenvalue weighted by Crippen LogP contribution is -2.21. The van der Waals surface area contributed by atoms with Crippen molar-refractivity contribution >= 4 is 10.8 Å². The maximum atomic E-state index is 3.30. The first kappa shape index (κ1) is 12.1. The molecule has 0 bridgehead atoms. The molecule has 0 amide bonds. The fourth-order valence-corrected chi connectivity index (χ4v) is 2.40. The lowest BCUT2D eigenvalue weighted by Gasteiger charge is -2.21. The van der Waals surface area contributed by atoms with E-state index in [1.807, 2.05) is 7.05 Å². The Bertz CT molecular complexity index is 488. The second-order valence-corrected chi connectivity index (χ2v) is 5.01. The van der Waals surface area contributed by atoms with Crippen LogP contribution in [0.4, 0.5) is 0 Å². The number of fused-ring (bicyclic) bond motifs is 1. The Morgan fingerprint density at radius 2 is 1.71 bits per heavy atom. The van der Waals surface area contributed by atoms with Gasteiger partial charge in [-0.15, -0.1) is 0 Å². The van der Waals surface area contributed by atoms with Crippen LogP contribution in [-0.2, 0) is 0 Å². The molecular formula is C16H21N. The summed E-state index contributed by atoms with van der Waals surface area (Å²) in [5, 5.41) is 5.96. The smallest absolute Gasteiger partial charge is 0.00196 e. The third-order valence-electron chi connectivity index (χ3n) is 3.43. The second-order valence-electron chi connectivity index (χ2n) is 5.01. The van der Waals surface area contributed by atoms with Crippen LogP contribution in [0, 0.1) is 5.92 Å². The van der Waals surface area contributed by atoms with E-state index in [2.05, 4.69) is 61.6 Å². The highest BCUT2D eigenvalue weighted by atomic mass is 14.8. The first-order chi connectivity index (χ1) is 8.22. The Labute approximate surface area is 104 Å². The summed E-state index contributed by atoms with van der Waals surface area (Å²) in [4.78, 5) is 0. The van der Waals surface area contributed by atoms with Crippen molar-refractivity contribution in [2.75, 3.05) is 13.6 Å². The average Bonchev–Trinajstić information content (AvgIpc) is 2.35. The summed E-state index contributed by atoms with van der Waals surface area (Å²) in [5.41, 5.74) is 1.44. The van der Waals surface area contributed by atoms with Crippen molar-refractivity contribution in [3.63, 3.8) is 0 Å². The molecule has 0 heterocycles. The minimum Gasteiger partial charge on any atom is -0.319 e. The zero-order valence-corrected chi connectivity index (χ0v) is 10.9. The van der Waals surface area contributed by atoms with Crippen LogP contribution in [0.25, 0.3) is 10.8 Å². The molecular weight excluding hydrogens is 206 g/mol. The van der Waals surface area contributed by atoms with Crippen molar-refractivity contribution in [2.24, 2.45) is 5.92 Å². The molecule has 90 valence electrons. The molecule has 0 radical (unpaired) electrons. The number of rotatable bonds is 4. The summed E-state index contributed by atoms with van der Waals surface area (Å²) in [6.45, 7) is 5.62. The SMILES string of the molecule is CNCC(c1ccc2ccccc2c1)C(C)C. The maximum Gasteiger partial charge on any atom is 0.00196 e. The van der Waals surface area contributed by atoms with Crippen LogP contribution in [0.3, 0.4) is 0 Å². The molecule has 0 fully saturated rings. The first-order valence-corrected chi connectivity index (χ1v) is 6.35. The van der Waals surface area contributed by atoms with Crippen LogP contribution in [0.15, 0.2) is 42.5 Å². The molecule has 0 saturated carbocycles. The summed E-state index contributed by atoms with van der Waals surface area (Å²) in [6.07, 6.45) is 0. The molecule has 0 aliphatic heterocycles. The van der Waals surface area contributed by atoms with Crippen molar-refractivity contribution in [3.8, 4) is 0 Å². The zero-order valence-electron chi connectivity index (χ0n) is 10.9. The van der Waals surface area contributed by atoms with Crippen LogP contribution in [0.5, 0.6) is 0 Å². The minimum atomic E-state index is 0.588. The van der Waals surface area contributed by atoms with Gasteiger partial charge in [-0.2, -0.15) is 0 Å². The third-order valence-corrected chi connectivity index (χ3v) is 3.43. The second kappa shape index (κ2) is 5.33. The molecule has 1 nitrogen and oxygen atoms in total. The van der Waals surface area contributed by atoms with E-state index in [1.165, 1.54) is 16.3 Å². The Morgan fingerprint density at radius 3 is 2.35 bits per heavy atom. The highest BCUT2D eigenvalue weighted by Crippen LogP contribution is 2.26. The molecule has 0 aliphatic carbocycles. The standard InChI is InChI=1S/C16H21N/c1-12(2)16(11-17-3)15-9-8-13-6-4-5-7-14(13)10-15/h4-10,12,16-17H,11H2,1-3H3. The minimum absolute atomic E-state index is 0.588. The molecule has 1 unspecified atom stereocenters. The fourth-order valence-electron chi connectivity index (χ4n) is 2.40. The normalized spacial score (nSPS) is 13.2. The molecule has 0 saturated heterocycles. The number of hydrogen-bond acceptors (Lipinski definition) is 1. The summed E-state index contributed by atoms with van der Waals surface area (Å²) < 4.78 is 0. The molecule has 0 aliphatic rings. The molecule has 2 aromatic rings. The highest BCUT2D eigenvalue weighted by Gasteiger charge is 2.14. The van der Waals surface area contributed by atoms with Gasteiger partial charge in [0, 0.05) is 6.54 Å². The largest absolute Gasteiger partial charge is 0.319 e. The molecule has 0 spiro atoms. The van der Waals surface area contributed by atoms with E-state index in [1.54, 1.807) is 0 Å². The van der Waals surface area contributed by atoms with Gasteiger partial charge in [0.25, 0.3) is 0 Å². The lowest BCUT2D eigenvalue weighted by molar-refractivity contribution is 0.479. The predicted octanol–water partition coefficient (Wildman–Crippen LogP) is 3.80. The van der Waals surface area contributed by atoms with Crippen LogP contribution >= 0.6 is 0 Å². The number of likely N-dealkylation sites (N-methyl/N-ethyl adjacent to an activating group) is 1. The Morgan fingerprint density at radius 1 is 1.00 bits per heavy atom. The molecule has 2 aromatic carbocycles. The Kier molecular flexibility index (Phi) is 3.80. The fraction of sp³-hybridized carbons (Fsp3) is 0.375. The van der Waals surface area contributed by atoms with Crippen LogP contribution in [0.2, 0.25) is 0 Å². The van der Waals surface area contributed by atoms with Crippen molar-refractivity contribution in [1.29, 1.82) is 0 Å². The maximum absolute atomic E-state index is 3.30. The van der Waals surface area contributed by atoms with Gasteiger partial charge in [0.1, 0.15) is 0 Å². The molecule has 0 aromatic heterocycles. The van der Waals surface area contributed by atoms with E-state index in [9.17, 15) is 0 Å². The van der Waals surface area contributed by atoms with Crippen molar-refractivity contribution < 1.29 is 0 Å². The number of nitrogens with one attached hydrogen (secondary N) is 1. The van der Waals surface area contributed by atoms with Gasteiger partial charge in [0.15, 0.2) is 0 Å². The van der Waals surface area contributed by atoms with Crippen LogP contribution in [0.1, 0.15) is 25.3 Å². The predicted molar refractivity (Wildman–Crippen MR) is 75.5 cm³/mol. The van der Waals surface area contributed by atoms with Gasteiger partial charge >= 0.3 is 0 Å². The number of hydrogen-bond donors (Lipinski definition) is 1. The molecule has 1 atom stereocenters. The van der Waals surface area contributed by atoms with Crippen molar-refractivity contribution in [1.82, 2.24) is 5.32 Å². The number of benzene rings is 2. The quantitative estimate of drug-likeness (QED) is 0.837. The first-order valence-electron chi connectivity index (χ1n) is 6.35. The zero-order chi connectivity index (χ0) is 12.3. The van der Waals surface area contributed by atoms with E-state index < -0.39 is 0 Å². The topological polar surface area (TPSA) is 12.0 Å². The molecule has 2 rings (SSSR count). The van der Waals surface area contributed by atoms with Gasteiger partial charge in [-0.1, -0.05) is 56.3 Å².